The molecule has 7 heteroatoms. The highest BCUT2D eigenvalue weighted by molar-refractivity contribution is 6.13. The highest BCUT2D eigenvalue weighted by Crippen LogP contribution is 2.34. The molecular weight excluding hydrogens is 488 g/mol. The van der Waals surface area contributed by atoms with Crippen LogP contribution in [0.1, 0.15) is 89.2 Å². The fourth-order valence-corrected chi connectivity index (χ4v) is 6.59. The summed E-state index contributed by atoms with van der Waals surface area (Å²) < 4.78 is 8.56. The Kier molecular flexibility index (Phi) is 7.15. The molecule has 0 bridgehead atoms. The molecule has 0 atom stereocenters. The van der Waals surface area contributed by atoms with Crippen molar-refractivity contribution in [2.24, 2.45) is 10.1 Å². The van der Waals surface area contributed by atoms with Crippen LogP contribution in [0.3, 0.4) is 0 Å². The molecule has 1 aromatic heterocycles. The number of ether oxygens (including phenoxy) is 1. The maximum absolute atomic E-state index is 13.8. The molecule has 7 nitrogen and oxygen atoms in total. The summed E-state index contributed by atoms with van der Waals surface area (Å²) in [6, 6.07) is 13.4. The van der Waals surface area contributed by atoms with Crippen molar-refractivity contribution in [3.8, 4) is 0 Å². The molecule has 204 valence electrons. The third-order valence-electron chi connectivity index (χ3n) is 8.72. The molecule has 2 saturated carbocycles. The van der Waals surface area contributed by atoms with E-state index in [0.717, 1.165) is 78.0 Å². The first-order valence-corrected chi connectivity index (χ1v) is 14.6. The summed E-state index contributed by atoms with van der Waals surface area (Å²) in [5, 5.41) is 14.9. The van der Waals surface area contributed by atoms with Crippen molar-refractivity contribution < 1.29 is 14.7 Å². The standard InChI is InChI=1S/C32H38N4O3/c1-3-35-28-16-14-22(18-26(28)27-20-23(21(2)34-38)15-17-29(27)35)19-30-31(37)36(25-12-8-5-9-13-25)32(39-30)33-24-10-6-4-7-11-24/h14-20,24-25,38H,3-13H2,1-2H3/b30-19-,33-32-,34-21+. The van der Waals surface area contributed by atoms with Crippen molar-refractivity contribution in [3.63, 3.8) is 0 Å². The Morgan fingerprint density at radius 2 is 1.64 bits per heavy atom. The molecule has 1 N–H and O–H groups in total. The van der Waals surface area contributed by atoms with Crippen LogP contribution in [0.4, 0.5) is 0 Å². The zero-order chi connectivity index (χ0) is 26.9. The number of nitrogens with zero attached hydrogens (tertiary/aromatic N) is 4. The van der Waals surface area contributed by atoms with Crippen LogP contribution < -0.4 is 0 Å². The van der Waals surface area contributed by atoms with Crippen LogP contribution in [0.2, 0.25) is 0 Å². The van der Waals surface area contributed by atoms with Crippen LogP contribution in [0, 0.1) is 0 Å². The number of hydrogen-bond donors (Lipinski definition) is 1. The van der Waals surface area contributed by atoms with E-state index in [1.165, 1.54) is 25.7 Å². The van der Waals surface area contributed by atoms with Gasteiger partial charge in [0.2, 0.25) is 0 Å². The number of rotatable bonds is 5. The number of fused-ring (bicyclic) bond motifs is 3. The van der Waals surface area contributed by atoms with E-state index in [1.807, 2.05) is 17.0 Å². The van der Waals surface area contributed by atoms with E-state index in [4.69, 9.17) is 9.73 Å². The van der Waals surface area contributed by atoms with Crippen LogP contribution in [0.5, 0.6) is 0 Å². The number of aryl methyl sites for hydroxylation is 1. The van der Waals surface area contributed by atoms with Crippen molar-refractivity contribution in [1.82, 2.24) is 9.47 Å². The number of benzene rings is 2. The Bertz CT molecular complexity index is 1490. The van der Waals surface area contributed by atoms with E-state index in [-0.39, 0.29) is 18.0 Å². The Labute approximate surface area is 229 Å². The number of aromatic nitrogens is 1. The van der Waals surface area contributed by atoms with E-state index in [0.29, 0.717) is 17.5 Å². The van der Waals surface area contributed by atoms with Crippen molar-refractivity contribution in [1.29, 1.82) is 0 Å². The Balaban J connectivity index is 1.40. The van der Waals surface area contributed by atoms with Crippen LogP contribution in [-0.4, -0.2) is 44.4 Å². The van der Waals surface area contributed by atoms with Gasteiger partial charge in [-0.05, 0) is 81.0 Å². The zero-order valence-electron chi connectivity index (χ0n) is 23.0. The van der Waals surface area contributed by atoms with Gasteiger partial charge in [-0.1, -0.05) is 55.8 Å². The summed E-state index contributed by atoms with van der Waals surface area (Å²) in [6.45, 7) is 4.77. The summed E-state index contributed by atoms with van der Waals surface area (Å²) in [5.74, 6) is 0.294. The first-order valence-electron chi connectivity index (χ1n) is 14.6. The number of amidine groups is 1. The highest BCUT2D eigenvalue weighted by atomic mass is 16.5. The lowest BCUT2D eigenvalue weighted by Crippen LogP contribution is -2.41. The van der Waals surface area contributed by atoms with Gasteiger partial charge in [0.1, 0.15) is 0 Å². The van der Waals surface area contributed by atoms with Crippen molar-refractivity contribution in [2.45, 2.75) is 96.7 Å². The summed E-state index contributed by atoms with van der Waals surface area (Å²) in [7, 11) is 0. The van der Waals surface area contributed by atoms with Gasteiger partial charge in [-0.25, -0.2) is 4.99 Å². The van der Waals surface area contributed by atoms with Crippen LogP contribution in [0.15, 0.2) is 52.3 Å². The third kappa shape index (κ3) is 4.83. The Morgan fingerprint density at radius 3 is 2.33 bits per heavy atom. The van der Waals surface area contributed by atoms with Gasteiger partial charge in [0.25, 0.3) is 5.91 Å². The van der Waals surface area contributed by atoms with E-state index in [1.54, 1.807) is 6.92 Å². The molecule has 2 aliphatic carbocycles. The molecule has 0 unspecified atom stereocenters. The maximum Gasteiger partial charge on any atom is 0.300 e. The second kappa shape index (κ2) is 10.9. The molecular formula is C32H38N4O3. The normalized spacial score (nSPS) is 22.1. The molecule has 1 aliphatic heterocycles. The number of aliphatic imine (C=N–C) groups is 1. The quantitative estimate of drug-likeness (QED) is 0.165. The summed E-state index contributed by atoms with van der Waals surface area (Å²) >= 11 is 0. The SMILES string of the molecule is CCn1c2ccc(/C=C3\O/C(=N\C4CCCCC4)N(C4CCCCC4)C3=O)cc2c2cc(/C(C)=N/O)ccc21. The molecule has 2 aromatic carbocycles. The first-order chi connectivity index (χ1) is 19.1. The minimum Gasteiger partial charge on any atom is -0.420 e. The number of hydrogen-bond acceptors (Lipinski definition) is 5. The zero-order valence-corrected chi connectivity index (χ0v) is 23.0. The second-order valence-electron chi connectivity index (χ2n) is 11.2. The molecule has 6 rings (SSSR count). The Morgan fingerprint density at radius 1 is 0.974 bits per heavy atom. The highest BCUT2D eigenvalue weighted by Gasteiger charge is 2.40. The summed E-state index contributed by atoms with van der Waals surface area (Å²) in [4.78, 5) is 20.6. The smallest absolute Gasteiger partial charge is 0.300 e. The van der Waals surface area contributed by atoms with Gasteiger partial charge >= 0.3 is 6.02 Å². The number of carbonyl (C=O) groups is 1. The van der Waals surface area contributed by atoms with Crippen molar-refractivity contribution >= 4 is 45.5 Å². The largest absolute Gasteiger partial charge is 0.420 e. The summed E-state index contributed by atoms with van der Waals surface area (Å²) in [5.41, 5.74) is 4.63. The van der Waals surface area contributed by atoms with Gasteiger partial charge in [0.15, 0.2) is 5.76 Å². The minimum atomic E-state index is -0.0652. The van der Waals surface area contributed by atoms with Crippen molar-refractivity contribution in [3.05, 3.63) is 53.3 Å². The van der Waals surface area contributed by atoms with Gasteiger partial charge in [0.05, 0.1) is 11.8 Å². The molecule has 3 fully saturated rings. The fourth-order valence-electron chi connectivity index (χ4n) is 6.59. The Hall–Kier alpha value is -3.61. The molecule has 39 heavy (non-hydrogen) atoms. The topological polar surface area (TPSA) is 79.4 Å². The van der Waals surface area contributed by atoms with E-state index >= 15 is 0 Å². The lowest BCUT2D eigenvalue weighted by Gasteiger charge is -2.29. The van der Waals surface area contributed by atoms with Gasteiger partial charge in [-0.2, -0.15) is 0 Å². The second-order valence-corrected chi connectivity index (χ2v) is 11.2. The van der Waals surface area contributed by atoms with E-state index in [2.05, 4.69) is 47.0 Å². The first kappa shape index (κ1) is 25.7. The number of amides is 1. The maximum atomic E-state index is 13.8. The lowest BCUT2D eigenvalue weighted by molar-refractivity contribution is -0.124. The van der Waals surface area contributed by atoms with Crippen LogP contribution in [0.25, 0.3) is 27.9 Å². The lowest BCUT2D eigenvalue weighted by atomic mass is 9.94. The van der Waals surface area contributed by atoms with E-state index in [9.17, 15) is 10.0 Å². The molecule has 0 spiro atoms. The molecule has 1 saturated heterocycles. The van der Waals surface area contributed by atoms with Crippen LogP contribution >= 0.6 is 0 Å². The number of carbonyl (C=O) groups excluding carboxylic acids is 1. The molecule has 1 amide bonds. The van der Waals surface area contributed by atoms with Gasteiger partial charge in [-0.3, -0.25) is 9.69 Å². The fraction of sp³-hybridized carbons (Fsp3) is 0.469. The average Bonchev–Trinajstić information content (AvgIpc) is 3.45. The predicted octanol–water partition coefficient (Wildman–Crippen LogP) is 7.23. The third-order valence-corrected chi connectivity index (χ3v) is 8.72. The average molecular weight is 527 g/mol. The van der Waals surface area contributed by atoms with Crippen LogP contribution in [-0.2, 0) is 16.1 Å². The minimum absolute atomic E-state index is 0.0652. The van der Waals surface area contributed by atoms with Gasteiger partial charge in [0, 0.05) is 34.4 Å². The van der Waals surface area contributed by atoms with Gasteiger partial charge < -0.3 is 14.5 Å². The van der Waals surface area contributed by atoms with E-state index < -0.39 is 0 Å². The number of oxime groups is 1. The van der Waals surface area contributed by atoms with Crippen molar-refractivity contribution in [2.75, 3.05) is 0 Å². The monoisotopic (exact) mass is 526 g/mol. The molecule has 0 radical (unpaired) electrons. The molecule has 3 aliphatic rings. The predicted molar refractivity (Wildman–Crippen MR) is 156 cm³/mol. The molecule has 2 heterocycles. The molecule has 3 aromatic rings. The van der Waals surface area contributed by atoms with Gasteiger partial charge in [-0.15, -0.1) is 0 Å². The summed E-state index contributed by atoms with van der Waals surface area (Å²) in [6.07, 6.45) is 13.2.